The number of carboxylic acid groups (broad SMARTS) is 1. The van der Waals surface area contributed by atoms with Crippen LogP contribution in [-0.4, -0.2) is 113 Å². The summed E-state index contributed by atoms with van der Waals surface area (Å²) < 4.78 is 0. The molecule has 0 saturated heterocycles. The average Bonchev–Trinajstić information content (AvgIpc) is 3.00. The first kappa shape index (κ1) is 44.4. The highest BCUT2D eigenvalue weighted by atomic mass is 32.1. The normalized spacial score (nSPS) is 14.2. The second-order valence-corrected chi connectivity index (χ2v) is 12.3. The number of aliphatic carboxylic acids is 1. The van der Waals surface area contributed by atoms with Gasteiger partial charge in [-0.05, 0) is 58.9 Å². The summed E-state index contributed by atoms with van der Waals surface area (Å²) in [5.74, 6) is -6.92. The molecule has 20 heteroatoms. The minimum absolute atomic E-state index is 0.0245. The van der Waals surface area contributed by atoms with Crippen LogP contribution in [0.25, 0.3) is 0 Å². The predicted molar refractivity (Wildman–Crippen MR) is 183 cm³/mol. The number of nitrogens with one attached hydrogen (secondary N) is 6. The Bertz CT molecular complexity index is 1140. The lowest BCUT2D eigenvalue weighted by molar-refractivity contribution is -0.142. The largest absolute Gasteiger partial charge is 0.480 e. The molecule has 0 saturated carbocycles. The number of unbranched alkanes of at least 4 members (excludes halogenated alkanes) is 2. The van der Waals surface area contributed by atoms with Crippen molar-refractivity contribution in [1.29, 1.82) is 0 Å². The average molecular weight is 722 g/mol. The molecule has 5 atom stereocenters. The van der Waals surface area contributed by atoms with E-state index in [1.165, 1.54) is 20.8 Å². The number of thiol groups is 2. The molecule has 0 bridgehead atoms. The summed E-state index contributed by atoms with van der Waals surface area (Å²) in [5, 5.41) is 24.0. The Morgan fingerprint density at radius 2 is 1.25 bits per heavy atom. The van der Waals surface area contributed by atoms with Crippen molar-refractivity contribution >= 4 is 72.6 Å². The highest BCUT2D eigenvalue weighted by molar-refractivity contribution is 7.80. The van der Waals surface area contributed by atoms with Crippen molar-refractivity contribution in [2.24, 2.45) is 17.2 Å². The summed E-state index contributed by atoms with van der Waals surface area (Å²) in [4.78, 5) is 99.6. The maximum Gasteiger partial charge on any atom is 0.327 e. The van der Waals surface area contributed by atoms with Gasteiger partial charge in [0, 0.05) is 25.0 Å². The Morgan fingerprint density at radius 3 is 1.75 bits per heavy atom. The van der Waals surface area contributed by atoms with E-state index in [9.17, 15) is 43.5 Å². The number of carbonyl (C=O) groups is 8. The molecule has 48 heavy (non-hydrogen) atoms. The van der Waals surface area contributed by atoms with E-state index < -0.39 is 83.6 Å². The summed E-state index contributed by atoms with van der Waals surface area (Å²) >= 11 is 7.88. The minimum atomic E-state index is -1.74. The van der Waals surface area contributed by atoms with Crippen molar-refractivity contribution in [1.82, 2.24) is 31.9 Å². The Kier molecular flexibility index (Phi) is 21.1. The van der Waals surface area contributed by atoms with E-state index in [4.69, 9.17) is 17.2 Å². The highest BCUT2D eigenvalue weighted by Crippen LogP contribution is 2.10. The molecule has 0 aliphatic heterocycles. The number of nitrogens with two attached hydrogens (primary N) is 3. The second-order valence-electron chi connectivity index (χ2n) is 11.6. The van der Waals surface area contributed by atoms with Crippen LogP contribution in [0.3, 0.4) is 0 Å². The summed E-state index contributed by atoms with van der Waals surface area (Å²) in [5.41, 5.74) is 14.8. The van der Waals surface area contributed by atoms with E-state index >= 15 is 0 Å². The zero-order chi connectivity index (χ0) is 37.0. The van der Waals surface area contributed by atoms with Crippen LogP contribution in [-0.2, 0) is 38.4 Å². The Morgan fingerprint density at radius 1 is 0.729 bits per heavy atom. The third-order valence-corrected chi connectivity index (χ3v) is 7.63. The van der Waals surface area contributed by atoms with Crippen molar-refractivity contribution in [3.05, 3.63) is 0 Å². The van der Waals surface area contributed by atoms with Gasteiger partial charge in [-0.1, -0.05) is 0 Å². The first-order valence-corrected chi connectivity index (χ1v) is 16.6. The van der Waals surface area contributed by atoms with E-state index in [2.05, 4.69) is 57.2 Å². The predicted octanol–water partition coefficient (Wildman–Crippen LogP) is -3.60. The fraction of sp³-hybridized carbons (Fsp3) is 0.714. The van der Waals surface area contributed by atoms with Crippen molar-refractivity contribution in [3.63, 3.8) is 0 Å². The summed E-state index contributed by atoms with van der Waals surface area (Å²) in [6.45, 7) is 4.62. The monoisotopic (exact) mass is 721 g/mol. The molecule has 0 aliphatic rings. The molecule has 0 radical (unpaired) electrons. The molecule has 0 rings (SSSR count). The zero-order valence-electron chi connectivity index (χ0n) is 27.5. The summed E-state index contributed by atoms with van der Waals surface area (Å²) in [6.07, 6.45) is 1.43. The van der Waals surface area contributed by atoms with Crippen molar-refractivity contribution in [3.8, 4) is 0 Å². The number of carboxylic acids is 1. The fourth-order valence-electron chi connectivity index (χ4n) is 4.06. The van der Waals surface area contributed by atoms with Crippen LogP contribution in [0.2, 0.25) is 0 Å². The van der Waals surface area contributed by atoms with Gasteiger partial charge in [-0.2, -0.15) is 25.3 Å². The molecule has 7 amide bonds. The lowest BCUT2D eigenvalue weighted by Crippen LogP contribution is -2.63. The molecule has 0 heterocycles. The van der Waals surface area contributed by atoms with Gasteiger partial charge in [0.1, 0.15) is 29.7 Å². The maximum atomic E-state index is 13.6. The molecule has 0 aliphatic carbocycles. The number of carbonyl (C=O) groups excluding carboxylic acids is 7. The Hall–Kier alpha value is -3.62. The Balaban J connectivity index is 6.02. The molecule has 0 spiro atoms. The number of primary amides is 1. The van der Waals surface area contributed by atoms with Crippen LogP contribution in [0.1, 0.15) is 65.7 Å². The minimum Gasteiger partial charge on any atom is -0.480 e. The molecule has 18 nitrogen and oxygen atoms in total. The molecular weight excluding hydrogens is 670 g/mol. The first-order chi connectivity index (χ1) is 22.4. The second kappa shape index (κ2) is 22.9. The lowest BCUT2D eigenvalue weighted by Gasteiger charge is -2.30. The number of rotatable bonds is 24. The number of hydrogen-bond acceptors (Lipinski definition) is 12. The highest BCUT2D eigenvalue weighted by Gasteiger charge is 2.37. The molecular formula is C28H51N9O9S2. The topological polar surface area (TPSA) is 307 Å². The van der Waals surface area contributed by atoms with Crippen LogP contribution < -0.4 is 49.1 Å². The van der Waals surface area contributed by atoms with Crippen LogP contribution >= 0.6 is 25.3 Å². The van der Waals surface area contributed by atoms with E-state index in [1.807, 2.05) is 0 Å². The summed E-state index contributed by atoms with van der Waals surface area (Å²) in [7, 11) is 0. The van der Waals surface area contributed by atoms with E-state index in [-0.39, 0.29) is 30.3 Å². The molecule has 0 unspecified atom stereocenters. The molecule has 13 N–H and O–H groups in total. The molecule has 0 aromatic heterocycles. The quantitative estimate of drug-likeness (QED) is 0.0341. The fourth-order valence-corrected chi connectivity index (χ4v) is 4.47. The molecule has 0 fully saturated rings. The lowest BCUT2D eigenvalue weighted by atomic mass is 10.00. The number of amides is 7. The van der Waals surface area contributed by atoms with Gasteiger partial charge in [-0.25, -0.2) is 4.79 Å². The van der Waals surface area contributed by atoms with Gasteiger partial charge in [0.15, 0.2) is 0 Å². The molecule has 274 valence electrons. The third-order valence-electron chi connectivity index (χ3n) is 6.87. The van der Waals surface area contributed by atoms with Crippen LogP contribution in [0.4, 0.5) is 0 Å². The van der Waals surface area contributed by atoms with Crippen LogP contribution in [0.15, 0.2) is 0 Å². The van der Waals surface area contributed by atoms with E-state index in [0.29, 0.717) is 38.8 Å². The van der Waals surface area contributed by atoms with Crippen molar-refractivity contribution in [2.75, 3.05) is 24.6 Å². The van der Waals surface area contributed by atoms with Gasteiger partial charge in [0.25, 0.3) is 0 Å². The zero-order valence-corrected chi connectivity index (χ0v) is 29.3. The number of hydrogen-bond donors (Lipinski definition) is 12. The van der Waals surface area contributed by atoms with Crippen molar-refractivity contribution < 1.29 is 43.5 Å². The van der Waals surface area contributed by atoms with Gasteiger partial charge >= 0.3 is 5.97 Å². The SMILES string of the molecule is CC(=O)NCCCC[C@H](NC(=O)[C@H](CCCCN)NC(=O)[C@@H](N)CS)C(=O)NC(C)(C)C(=O)N[C@@H](CC(N)=O)C(=O)N[C@@H](CS)C(=O)O. The standard InChI is InChI=1S/C28H51N9O9S2/c1-15(38)32-11-7-5-9-18(34-23(41)17(8-4-6-10-29)33-22(40)16(30)13-47)25(43)37-28(2,3)27(46)36-19(12-21(31)39)24(42)35-20(14-48)26(44)45/h16-20,47-48H,4-14,29-30H2,1-3H3,(H2,31,39)(H,32,38)(H,33,40)(H,34,41)(H,35,42)(H,36,46)(H,37,43)(H,44,45)/t16-,17-,18-,19-,20-/m0/s1. The van der Waals surface area contributed by atoms with Gasteiger partial charge in [0.05, 0.1) is 12.5 Å². The van der Waals surface area contributed by atoms with Gasteiger partial charge in [-0.3, -0.25) is 33.6 Å². The van der Waals surface area contributed by atoms with Crippen molar-refractivity contribution in [2.45, 2.75) is 101 Å². The smallest absolute Gasteiger partial charge is 0.327 e. The van der Waals surface area contributed by atoms with E-state index in [0.717, 1.165) is 0 Å². The van der Waals surface area contributed by atoms with Crippen LogP contribution in [0.5, 0.6) is 0 Å². The van der Waals surface area contributed by atoms with Crippen LogP contribution in [0, 0.1) is 0 Å². The Labute approximate surface area is 290 Å². The summed E-state index contributed by atoms with van der Waals surface area (Å²) in [6, 6.07) is -6.28. The first-order valence-electron chi connectivity index (χ1n) is 15.4. The van der Waals surface area contributed by atoms with Gasteiger partial charge in [0.2, 0.25) is 41.4 Å². The molecule has 0 aromatic carbocycles. The molecule has 0 aromatic rings. The van der Waals surface area contributed by atoms with Gasteiger partial charge < -0.3 is 54.2 Å². The van der Waals surface area contributed by atoms with Gasteiger partial charge in [-0.15, -0.1) is 0 Å². The van der Waals surface area contributed by atoms with E-state index in [1.54, 1.807) is 0 Å². The third kappa shape index (κ3) is 17.5. The maximum absolute atomic E-state index is 13.6.